The van der Waals surface area contributed by atoms with Crippen molar-refractivity contribution in [2.45, 2.75) is 40.2 Å². The van der Waals surface area contributed by atoms with Gasteiger partial charge in [-0.1, -0.05) is 20.8 Å². The average Bonchev–Trinajstić information content (AvgIpc) is 1.85. The maximum atomic E-state index is 9.60. The van der Waals surface area contributed by atoms with Gasteiger partial charge in [0.25, 0.3) is 7.72 Å². The van der Waals surface area contributed by atoms with Crippen LogP contribution in [0.25, 0.3) is 0 Å². The predicted octanol–water partition coefficient (Wildman–Crippen LogP) is 2.93. The molecule has 0 amide bonds. The van der Waals surface area contributed by atoms with Crippen LogP contribution in [0.3, 0.4) is 0 Å². The first kappa shape index (κ1) is 12.3. The first-order chi connectivity index (χ1) is 5.49. The van der Waals surface area contributed by atoms with Gasteiger partial charge in [-0.15, -0.1) is 0 Å². The molecule has 0 aliphatic carbocycles. The topological polar surface area (TPSA) is 29.5 Å². The molecule has 0 spiro atoms. The van der Waals surface area contributed by atoms with E-state index >= 15 is 0 Å². The van der Waals surface area contributed by atoms with Gasteiger partial charge in [0.05, 0.1) is 0 Å². The van der Waals surface area contributed by atoms with Crippen molar-refractivity contribution in [3.8, 4) is 0 Å². The zero-order chi connectivity index (χ0) is 9.78. The summed E-state index contributed by atoms with van der Waals surface area (Å²) in [4.78, 5) is 9.60. The molecule has 74 valence electrons. The van der Waals surface area contributed by atoms with Gasteiger partial charge in [-0.3, -0.25) is 0 Å². The molecule has 1 aliphatic rings. The van der Waals surface area contributed by atoms with E-state index in [2.05, 4.69) is 6.92 Å². The van der Waals surface area contributed by atoms with Crippen molar-refractivity contribution in [3.63, 3.8) is 0 Å². The highest BCUT2D eigenvalue weighted by molar-refractivity contribution is 7.64. The third-order valence-electron chi connectivity index (χ3n) is 1.79. The molecule has 0 radical (unpaired) electrons. The van der Waals surface area contributed by atoms with Crippen LogP contribution in [0.2, 0.25) is 0 Å². The van der Waals surface area contributed by atoms with E-state index in [4.69, 9.17) is 4.52 Å². The van der Waals surface area contributed by atoms with Crippen LogP contribution in [-0.4, -0.2) is 23.8 Å². The summed E-state index contributed by atoms with van der Waals surface area (Å²) in [5.41, 5.74) is 0. The lowest BCUT2D eigenvalue weighted by Crippen LogP contribution is -2.24. The zero-order valence-electron chi connectivity index (χ0n) is 8.87. The third kappa shape index (κ3) is 4.39. The molecule has 3 atom stereocenters. The Morgan fingerprint density at radius 2 is 1.83 bits per heavy atom. The number of rotatable bonds is 0. The highest BCUT2D eigenvalue weighted by Gasteiger charge is 2.40. The molecule has 3 heteroatoms. The molecule has 1 aliphatic heterocycles. The molecule has 0 aromatic heterocycles. The summed E-state index contributed by atoms with van der Waals surface area (Å²) in [6.07, 6.45) is 2.22. The van der Waals surface area contributed by atoms with Gasteiger partial charge in [0.1, 0.15) is 18.9 Å². The third-order valence-corrected chi connectivity index (χ3v) is 3.91. The Morgan fingerprint density at radius 1 is 1.33 bits per heavy atom. The quantitative estimate of drug-likeness (QED) is 0.599. The van der Waals surface area contributed by atoms with Crippen molar-refractivity contribution in [1.82, 2.24) is 0 Å². The summed E-state index contributed by atoms with van der Waals surface area (Å²) in [6, 6.07) is 0. The van der Waals surface area contributed by atoms with E-state index in [0.29, 0.717) is 5.92 Å². The second-order valence-corrected chi connectivity index (χ2v) is 6.17. The molecule has 1 saturated heterocycles. The summed E-state index contributed by atoms with van der Waals surface area (Å²) in [5, 5.41) is 0. The number of hydrogen-bond donors (Lipinski definition) is 1. The van der Waals surface area contributed by atoms with Gasteiger partial charge in [0.2, 0.25) is 0 Å². The van der Waals surface area contributed by atoms with E-state index < -0.39 is 7.72 Å². The van der Waals surface area contributed by atoms with Gasteiger partial charge >= 0.3 is 0 Å². The summed E-state index contributed by atoms with van der Waals surface area (Å²) in [6.45, 7) is 10.1. The largest absolute Gasteiger partial charge is 0.269 e. The van der Waals surface area contributed by atoms with Crippen LogP contribution in [0.1, 0.15) is 34.1 Å². The van der Waals surface area contributed by atoms with Crippen molar-refractivity contribution in [2.75, 3.05) is 12.8 Å². The highest BCUT2D eigenvalue weighted by Crippen LogP contribution is 2.57. The molecule has 0 bridgehead atoms. The van der Waals surface area contributed by atoms with Crippen molar-refractivity contribution < 1.29 is 9.42 Å². The van der Waals surface area contributed by atoms with Crippen LogP contribution in [0.15, 0.2) is 0 Å². The molecule has 3 unspecified atom stereocenters. The molecule has 12 heavy (non-hydrogen) atoms. The second-order valence-electron chi connectivity index (χ2n) is 3.49. The molecule has 2 nitrogen and oxygen atoms in total. The van der Waals surface area contributed by atoms with Crippen LogP contribution in [0.4, 0.5) is 0 Å². The van der Waals surface area contributed by atoms with Gasteiger partial charge < -0.3 is 0 Å². The van der Waals surface area contributed by atoms with Crippen molar-refractivity contribution in [3.05, 3.63) is 0 Å². The van der Waals surface area contributed by atoms with E-state index in [1.165, 1.54) is 0 Å². The fourth-order valence-corrected chi connectivity index (χ4v) is 3.95. The second kappa shape index (κ2) is 5.16. The molecular weight excluding hydrogens is 171 g/mol. The van der Waals surface area contributed by atoms with Crippen LogP contribution < -0.4 is 0 Å². The molecule has 0 saturated carbocycles. The van der Waals surface area contributed by atoms with E-state index in [-0.39, 0.29) is 6.10 Å². The fraction of sp³-hybridized carbons (Fsp3) is 1.00. The van der Waals surface area contributed by atoms with Crippen molar-refractivity contribution >= 4 is 7.72 Å². The Balaban J connectivity index is 0.000000561. The molecule has 1 heterocycles. The lowest BCUT2D eigenvalue weighted by molar-refractivity contribution is 0.159. The first-order valence-corrected chi connectivity index (χ1v) is 7.05. The van der Waals surface area contributed by atoms with Crippen LogP contribution in [0, 0.1) is 5.92 Å². The summed E-state index contributed by atoms with van der Waals surface area (Å²) < 4.78 is 5.41. The Labute approximate surface area is 76.8 Å². The standard InChI is InChI=1S/C7H16O2P.C2H6/c1-6-4-7(2)9-10(3,8)5-6;1-2/h6-8H,4-5H2,1-3H3;1-2H3/q+1;. The van der Waals surface area contributed by atoms with Crippen LogP contribution >= 0.6 is 7.72 Å². The normalized spacial score (nSPS) is 41.5. The van der Waals surface area contributed by atoms with Crippen molar-refractivity contribution in [1.29, 1.82) is 0 Å². The van der Waals surface area contributed by atoms with Crippen LogP contribution in [0.5, 0.6) is 0 Å². The van der Waals surface area contributed by atoms with E-state index in [0.717, 1.165) is 12.6 Å². The molecule has 0 aromatic rings. The summed E-state index contributed by atoms with van der Waals surface area (Å²) in [5.74, 6) is 0.632. The Hall–Kier alpha value is 0.350. The predicted molar refractivity (Wildman–Crippen MR) is 55.6 cm³/mol. The van der Waals surface area contributed by atoms with E-state index in [9.17, 15) is 4.89 Å². The maximum Gasteiger partial charge on any atom is 0.269 e. The summed E-state index contributed by atoms with van der Waals surface area (Å²) >= 11 is 0. The van der Waals surface area contributed by atoms with E-state index in [1.807, 2.05) is 27.4 Å². The fourth-order valence-electron chi connectivity index (χ4n) is 1.69. The van der Waals surface area contributed by atoms with Gasteiger partial charge in [0, 0.05) is 0 Å². The van der Waals surface area contributed by atoms with Gasteiger partial charge in [-0.25, -0.2) is 9.42 Å². The minimum absolute atomic E-state index is 0.257. The Kier molecular flexibility index (Phi) is 5.31. The first-order valence-electron chi connectivity index (χ1n) is 4.76. The minimum Gasteiger partial charge on any atom is -0.220 e. The zero-order valence-corrected chi connectivity index (χ0v) is 9.77. The average molecular weight is 193 g/mol. The lowest BCUT2D eigenvalue weighted by atomic mass is 10.1. The molecule has 0 aromatic carbocycles. The molecular formula is C9H22O2P+. The monoisotopic (exact) mass is 193 g/mol. The Bertz CT molecular complexity index is 114. The summed E-state index contributed by atoms with van der Waals surface area (Å²) in [7, 11) is -1.95. The lowest BCUT2D eigenvalue weighted by Gasteiger charge is -2.28. The molecule has 1 rings (SSSR count). The Morgan fingerprint density at radius 3 is 2.17 bits per heavy atom. The maximum absolute atomic E-state index is 9.60. The molecule has 1 fully saturated rings. The minimum atomic E-state index is -1.95. The molecule has 1 N–H and O–H groups in total. The highest BCUT2D eigenvalue weighted by atomic mass is 31.2. The van der Waals surface area contributed by atoms with Crippen molar-refractivity contribution in [2.24, 2.45) is 5.92 Å². The SMILES string of the molecule is CC.CC1CC(C)O[P+](C)(O)C1. The van der Waals surface area contributed by atoms with Gasteiger partial charge in [-0.2, -0.15) is 0 Å². The number of hydrogen-bond acceptors (Lipinski definition) is 2. The smallest absolute Gasteiger partial charge is 0.220 e. The van der Waals surface area contributed by atoms with Gasteiger partial charge in [0.15, 0.2) is 0 Å². The van der Waals surface area contributed by atoms with Gasteiger partial charge in [-0.05, 0) is 19.3 Å². The van der Waals surface area contributed by atoms with Crippen LogP contribution in [-0.2, 0) is 4.52 Å². The van der Waals surface area contributed by atoms with E-state index in [1.54, 1.807) is 0 Å².